The maximum atomic E-state index is 12.6. The van der Waals surface area contributed by atoms with E-state index in [2.05, 4.69) is 0 Å². The number of carboxylic acid groups (broad SMARTS) is 1. The van der Waals surface area contributed by atoms with Gasteiger partial charge in [-0.15, -0.1) is 0 Å². The molecule has 0 fully saturated rings. The van der Waals surface area contributed by atoms with Crippen LogP contribution in [0.3, 0.4) is 0 Å². The van der Waals surface area contributed by atoms with Crippen molar-refractivity contribution in [2.45, 2.75) is 25.8 Å². The van der Waals surface area contributed by atoms with Crippen LogP contribution in [0.1, 0.15) is 23.6 Å². The first-order valence-electron chi connectivity index (χ1n) is 7.94. The Kier molecular flexibility index (Phi) is 4.47. The SMILES string of the molecule is Cc1ccc(CCC(C(=O)O)n2ccc3ccccc3c2=O)cc1. The molecule has 0 aliphatic carbocycles. The first kappa shape index (κ1) is 16.0. The van der Waals surface area contributed by atoms with Gasteiger partial charge in [0, 0.05) is 11.6 Å². The van der Waals surface area contributed by atoms with E-state index >= 15 is 0 Å². The van der Waals surface area contributed by atoms with E-state index in [1.54, 1.807) is 24.4 Å². The molecule has 2 aromatic carbocycles. The van der Waals surface area contributed by atoms with Crippen molar-refractivity contribution in [3.63, 3.8) is 0 Å². The topological polar surface area (TPSA) is 59.3 Å². The maximum Gasteiger partial charge on any atom is 0.326 e. The molecule has 0 saturated carbocycles. The van der Waals surface area contributed by atoms with Crippen LogP contribution in [0.5, 0.6) is 0 Å². The Bertz CT molecular complexity index is 926. The van der Waals surface area contributed by atoms with Gasteiger partial charge in [0.05, 0.1) is 0 Å². The number of nitrogens with zero attached hydrogens (tertiary/aromatic N) is 1. The molecule has 3 aromatic rings. The third kappa shape index (κ3) is 3.23. The van der Waals surface area contributed by atoms with E-state index in [0.717, 1.165) is 10.9 Å². The number of benzene rings is 2. The fourth-order valence-electron chi connectivity index (χ4n) is 2.89. The zero-order valence-electron chi connectivity index (χ0n) is 13.5. The third-order valence-corrected chi connectivity index (χ3v) is 4.29. The molecule has 1 aromatic heterocycles. The van der Waals surface area contributed by atoms with Gasteiger partial charge in [0.1, 0.15) is 6.04 Å². The summed E-state index contributed by atoms with van der Waals surface area (Å²) >= 11 is 0. The Balaban J connectivity index is 1.91. The van der Waals surface area contributed by atoms with Crippen LogP contribution in [-0.4, -0.2) is 15.6 Å². The highest BCUT2D eigenvalue weighted by Crippen LogP contribution is 2.17. The molecule has 1 heterocycles. The van der Waals surface area contributed by atoms with E-state index in [1.165, 1.54) is 10.1 Å². The zero-order valence-corrected chi connectivity index (χ0v) is 13.5. The minimum absolute atomic E-state index is 0.260. The van der Waals surface area contributed by atoms with Crippen LogP contribution in [0, 0.1) is 6.92 Å². The molecular formula is C20H19NO3. The average molecular weight is 321 g/mol. The van der Waals surface area contributed by atoms with E-state index in [1.807, 2.05) is 43.3 Å². The van der Waals surface area contributed by atoms with E-state index in [-0.39, 0.29) is 5.56 Å². The predicted octanol–water partition coefficient (Wildman–Crippen LogP) is 3.57. The van der Waals surface area contributed by atoms with Crippen molar-refractivity contribution in [1.82, 2.24) is 4.57 Å². The highest BCUT2D eigenvalue weighted by molar-refractivity contribution is 5.81. The van der Waals surface area contributed by atoms with Crippen LogP contribution in [-0.2, 0) is 11.2 Å². The summed E-state index contributed by atoms with van der Waals surface area (Å²) < 4.78 is 1.33. The number of carboxylic acids is 1. The second-order valence-corrected chi connectivity index (χ2v) is 5.99. The predicted molar refractivity (Wildman–Crippen MR) is 94.4 cm³/mol. The van der Waals surface area contributed by atoms with Crippen LogP contribution in [0.4, 0.5) is 0 Å². The van der Waals surface area contributed by atoms with Crippen LogP contribution in [0.15, 0.2) is 65.6 Å². The van der Waals surface area contributed by atoms with Gasteiger partial charge in [-0.1, -0.05) is 48.0 Å². The molecule has 0 saturated heterocycles. The van der Waals surface area contributed by atoms with Gasteiger partial charge in [-0.3, -0.25) is 4.79 Å². The Labute approximate surface area is 140 Å². The van der Waals surface area contributed by atoms with Crippen LogP contribution >= 0.6 is 0 Å². The molecule has 4 nitrogen and oxygen atoms in total. The van der Waals surface area contributed by atoms with Gasteiger partial charge >= 0.3 is 5.97 Å². The lowest BCUT2D eigenvalue weighted by atomic mass is 10.0. The summed E-state index contributed by atoms with van der Waals surface area (Å²) in [5.74, 6) is -0.987. The fourth-order valence-corrected chi connectivity index (χ4v) is 2.89. The molecule has 1 atom stereocenters. The van der Waals surface area contributed by atoms with E-state index in [4.69, 9.17) is 0 Å². The molecule has 1 unspecified atom stereocenters. The fraction of sp³-hybridized carbons (Fsp3) is 0.200. The minimum Gasteiger partial charge on any atom is -0.480 e. The number of hydrogen-bond donors (Lipinski definition) is 1. The van der Waals surface area contributed by atoms with E-state index in [9.17, 15) is 14.7 Å². The van der Waals surface area contributed by atoms with Crippen LogP contribution < -0.4 is 5.56 Å². The number of aliphatic carboxylic acids is 1. The Morgan fingerprint density at radius 3 is 2.50 bits per heavy atom. The summed E-state index contributed by atoms with van der Waals surface area (Å²) in [6, 6.07) is 16.2. The molecule has 0 radical (unpaired) electrons. The Morgan fingerprint density at radius 2 is 1.79 bits per heavy atom. The molecule has 122 valence electrons. The van der Waals surface area contributed by atoms with Gasteiger partial charge in [-0.25, -0.2) is 4.79 Å². The smallest absolute Gasteiger partial charge is 0.326 e. The van der Waals surface area contributed by atoms with E-state index in [0.29, 0.717) is 18.2 Å². The van der Waals surface area contributed by atoms with E-state index < -0.39 is 12.0 Å². The minimum atomic E-state index is -0.987. The number of carbonyl (C=O) groups is 1. The number of hydrogen-bond acceptors (Lipinski definition) is 2. The quantitative estimate of drug-likeness (QED) is 0.781. The first-order chi connectivity index (χ1) is 11.6. The normalized spacial score (nSPS) is 12.2. The van der Waals surface area contributed by atoms with Gasteiger partial charge in [0.25, 0.3) is 5.56 Å². The van der Waals surface area contributed by atoms with Gasteiger partial charge in [-0.05, 0) is 42.8 Å². The standard InChI is InChI=1S/C20H19NO3/c1-14-6-8-15(9-7-14)10-11-18(20(23)24)21-13-12-16-4-2-3-5-17(16)19(21)22/h2-9,12-13,18H,10-11H2,1H3,(H,23,24). The summed E-state index contributed by atoms with van der Waals surface area (Å²) in [4.78, 5) is 24.3. The van der Waals surface area contributed by atoms with Crippen molar-refractivity contribution >= 4 is 16.7 Å². The van der Waals surface area contributed by atoms with Crippen molar-refractivity contribution in [3.8, 4) is 0 Å². The zero-order chi connectivity index (χ0) is 17.1. The van der Waals surface area contributed by atoms with Gasteiger partial charge in [0.15, 0.2) is 0 Å². The molecule has 0 amide bonds. The van der Waals surface area contributed by atoms with Crippen molar-refractivity contribution in [1.29, 1.82) is 0 Å². The summed E-state index contributed by atoms with van der Waals surface area (Å²) in [6.45, 7) is 2.01. The summed E-state index contributed by atoms with van der Waals surface area (Å²) in [7, 11) is 0. The molecule has 1 N–H and O–H groups in total. The number of aromatic nitrogens is 1. The van der Waals surface area contributed by atoms with Gasteiger partial charge in [-0.2, -0.15) is 0 Å². The molecule has 0 spiro atoms. The van der Waals surface area contributed by atoms with Crippen LogP contribution in [0.25, 0.3) is 10.8 Å². The Morgan fingerprint density at radius 1 is 1.08 bits per heavy atom. The van der Waals surface area contributed by atoms with Crippen molar-refractivity contribution < 1.29 is 9.90 Å². The molecule has 3 rings (SSSR count). The second-order valence-electron chi connectivity index (χ2n) is 5.99. The molecule has 0 bridgehead atoms. The summed E-state index contributed by atoms with van der Waals surface area (Å²) in [5, 5.41) is 10.9. The van der Waals surface area contributed by atoms with Crippen molar-refractivity contribution in [3.05, 3.63) is 82.3 Å². The third-order valence-electron chi connectivity index (χ3n) is 4.29. The maximum absolute atomic E-state index is 12.6. The van der Waals surface area contributed by atoms with Crippen molar-refractivity contribution in [2.24, 2.45) is 0 Å². The summed E-state index contributed by atoms with van der Waals surface area (Å²) in [5.41, 5.74) is 1.98. The lowest BCUT2D eigenvalue weighted by Gasteiger charge is -2.16. The van der Waals surface area contributed by atoms with Crippen LogP contribution in [0.2, 0.25) is 0 Å². The van der Waals surface area contributed by atoms with Crippen molar-refractivity contribution in [2.75, 3.05) is 0 Å². The molecule has 0 aliphatic rings. The lowest BCUT2D eigenvalue weighted by molar-refractivity contribution is -0.141. The number of fused-ring (bicyclic) bond motifs is 1. The first-order valence-corrected chi connectivity index (χ1v) is 7.94. The largest absolute Gasteiger partial charge is 0.480 e. The second kappa shape index (κ2) is 6.71. The summed E-state index contributed by atoms with van der Waals surface area (Å²) in [6.07, 6.45) is 2.56. The highest BCUT2D eigenvalue weighted by Gasteiger charge is 2.21. The highest BCUT2D eigenvalue weighted by atomic mass is 16.4. The monoisotopic (exact) mass is 321 g/mol. The lowest BCUT2D eigenvalue weighted by Crippen LogP contribution is -2.29. The molecule has 4 heteroatoms. The molecular weight excluding hydrogens is 302 g/mol. The number of aryl methyl sites for hydroxylation is 2. The number of pyridine rings is 1. The molecule has 24 heavy (non-hydrogen) atoms. The van der Waals surface area contributed by atoms with Gasteiger partial charge in [0.2, 0.25) is 0 Å². The van der Waals surface area contributed by atoms with Gasteiger partial charge < -0.3 is 9.67 Å². The molecule has 0 aliphatic heterocycles. The Hall–Kier alpha value is -2.88. The number of rotatable bonds is 5. The average Bonchev–Trinajstić information content (AvgIpc) is 2.58.